The maximum Gasteiger partial charge on any atom is 0.306 e. The summed E-state index contributed by atoms with van der Waals surface area (Å²) in [5, 5.41) is 9.27. The van der Waals surface area contributed by atoms with Crippen LogP contribution in [0.1, 0.15) is 57.4 Å². The van der Waals surface area contributed by atoms with Crippen LogP contribution < -0.4 is 0 Å². The lowest BCUT2D eigenvalue weighted by Gasteiger charge is -2.39. The molecule has 3 atom stereocenters. The predicted molar refractivity (Wildman–Crippen MR) is 92.7 cm³/mol. The number of carbonyl (C=O) groups excluding carboxylic acids is 1. The van der Waals surface area contributed by atoms with Gasteiger partial charge in [-0.1, -0.05) is 36.8 Å². The number of carbonyl (C=O) groups is 2. The Labute approximate surface area is 143 Å². The van der Waals surface area contributed by atoms with Crippen LogP contribution in [0.25, 0.3) is 0 Å². The first-order chi connectivity index (χ1) is 11.4. The number of hydrogen-bond acceptors (Lipinski definition) is 2. The molecule has 3 rings (SSSR count). The molecular weight excluding hydrogens is 302 g/mol. The summed E-state index contributed by atoms with van der Waals surface area (Å²) in [6.07, 6.45) is 3.83. The molecule has 0 radical (unpaired) electrons. The van der Waals surface area contributed by atoms with Crippen molar-refractivity contribution in [3.8, 4) is 0 Å². The third-order valence-electron chi connectivity index (χ3n) is 6.03. The zero-order chi connectivity index (χ0) is 17.3. The molecule has 24 heavy (non-hydrogen) atoms. The van der Waals surface area contributed by atoms with Crippen LogP contribution in [-0.2, 0) is 9.59 Å². The van der Waals surface area contributed by atoms with Gasteiger partial charge in [0.05, 0.1) is 5.92 Å². The third-order valence-corrected chi connectivity index (χ3v) is 6.03. The topological polar surface area (TPSA) is 57.6 Å². The quantitative estimate of drug-likeness (QED) is 0.920. The Morgan fingerprint density at radius 1 is 1.08 bits per heavy atom. The maximum absolute atomic E-state index is 13.1. The van der Waals surface area contributed by atoms with Crippen LogP contribution in [0.3, 0.4) is 0 Å². The van der Waals surface area contributed by atoms with Crippen LogP contribution in [0.15, 0.2) is 30.3 Å². The largest absolute Gasteiger partial charge is 0.481 e. The number of benzene rings is 1. The zero-order valence-electron chi connectivity index (χ0n) is 14.6. The van der Waals surface area contributed by atoms with Gasteiger partial charge >= 0.3 is 5.97 Å². The molecule has 1 N–H and O–H groups in total. The molecule has 4 heteroatoms. The number of carboxylic acids is 1. The summed E-state index contributed by atoms with van der Waals surface area (Å²) in [4.78, 5) is 26.4. The van der Waals surface area contributed by atoms with E-state index in [9.17, 15) is 14.7 Å². The van der Waals surface area contributed by atoms with Gasteiger partial charge in [0.2, 0.25) is 5.91 Å². The third kappa shape index (κ3) is 3.06. The van der Waals surface area contributed by atoms with Gasteiger partial charge in [-0.3, -0.25) is 9.59 Å². The minimum atomic E-state index is -0.754. The van der Waals surface area contributed by atoms with Crippen molar-refractivity contribution < 1.29 is 14.7 Å². The Hall–Kier alpha value is -1.84. The summed E-state index contributed by atoms with van der Waals surface area (Å²) in [6, 6.07) is 10.4. The minimum Gasteiger partial charge on any atom is -0.481 e. The second-order valence-corrected chi connectivity index (χ2v) is 7.79. The van der Waals surface area contributed by atoms with Crippen molar-refractivity contribution in [1.29, 1.82) is 0 Å². The Morgan fingerprint density at radius 3 is 2.42 bits per heavy atom. The van der Waals surface area contributed by atoms with E-state index < -0.39 is 5.97 Å². The fourth-order valence-corrected chi connectivity index (χ4v) is 4.60. The lowest BCUT2D eigenvalue weighted by Crippen LogP contribution is -2.48. The van der Waals surface area contributed by atoms with E-state index in [0.717, 1.165) is 25.8 Å². The lowest BCUT2D eigenvalue weighted by atomic mass is 9.79. The van der Waals surface area contributed by atoms with Crippen LogP contribution in [-0.4, -0.2) is 34.0 Å². The number of hydrogen-bond donors (Lipinski definition) is 1. The Balaban J connectivity index is 1.75. The van der Waals surface area contributed by atoms with E-state index >= 15 is 0 Å². The maximum atomic E-state index is 13.1. The number of aliphatic carboxylic acids is 1. The zero-order valence-corrected chi connectivity index (χ0v) is 14.6. The van der Waals surface area contributed by atoms with Gasteiger partial charge in [-0.2, -0.15) is 0 Å². The molecule has 1 saturated carbocycles. The molecular formula is C20H27NO3. The van der Waals surface area contributed by atoms with E-state index in [2.05, 4.69) is 38.1 Å². The van der Waals surface area contributed by atoms with Crippen molar-refractivity contribution in [2.24, 2.45) is 11.8 Å². The van der Waals surface area contributed by atoms with Crippen molar-refractivity contribution in [2.75, 3.05) is 6.54 Å². The van der Waals surface area contributed by atoms with Gasteiger partial charge in [-0.05, 0) is 45.1 Å². The Kier molecular flexibility index (Phi) is 4.66. The normalized spacial score (nSPS) is 29.4. The second-order valence-electron chi connectivity index (χ2n) is 7.79. The van der Waals surface area contributed by atoms with Gasteiger partial charge in [0.15, 0.2) is 0 Å². The van der Waals surface area contributed by atoms with Gasteiger partial charge in [0, 0.05) is 23.9 Å². The fraction of sp³-hybridized carbons (Fsp3) is 0.600. The van der Waals surface area contributed by atoms with Crippen molar-refractivity contribution in [3.63, 3.8) is 0 Å². The van der Waals surface area contributed by atoms with Crippen molar-refractivity contribution in [2.45, 2.75) is 57.4 Å². The molecule has 1 amide bonds. The average Bonchev–Trinajstić information content (AvgIpc) is 2.90. The first-order valence-electron chi connectivity index (χ1n) is 9.00. The van der Waals surface area contributed by atoms with Gasteiger partial charge in [0.25, 0.3) is 0 Å². The van der Waals surface area contributed by atoms with Crippen LogP contribution in [0, 0.1) is 11.8 Å². The van der Waals surface area contributed by atoms with Crippen molar-refractivity contribution in [1.82, 2.24) is 4.90 Å². The standard InChI is InChI=1S/C20H27NO3/c1-20(2)17(14-7-4-3-5-8-14)11-12-21(20)18(22)15-9-6-10-16(13-15)19(23)24/h3-5,7-8,15-17H,6,9-13H2,1-2H3,(H,23,24). The smallest absolute Gasteiger partial charge is 0.306 e. The summed E-state index contributed by atoms with van der Waals surface area (Å²) >= 11 is 0. The van der Waals surface area contributed by atoms with E-state index in [1.807, 2.05) is 11.0 Å². The van der Waals surface area contributed by atoms with Crippen LogP contribution >= 0.6 is 0 Å². The molecule has 1 saturated heterocycles. The summed E-state index contributed by atoms with van der Waals surface area (Å²) < 4.78 is 0. The highest BCUT2D eigenvalue weighted by molar-refractivity contribution is 5.81. The molecule has 4 nitrogen and oxygen atoms in total. The Bertz CT molecular complexity index is 611. The number of amides is 1. The Morgan fingerprint density at radius 2 is 1.75 bits per heavy atom. The molecule has 130 valence electrons. The van der Waals surface area contributed by atoms with E-state index in [4.69, 9.17) is 0 Å². The van der Waals surface area contributed by atoms with Gasteiger partial charge < -0.3 is 10.0 Å². The molecule has 2 aliphatic rings. The van der Waals surface area contributed by atoms with Crippen LogP contribution in [0.4, 0.5) is 0 Å². The van der Waals surface area contributed by atoms with E-state index in [1.165, 1.54) is 5.56 Å². The number of rotatable bonds is 3. The lowest BCUT2D eigenvalue weighted by molar-refractivity contribution is -0.146. The highest BCUT2D eigenvalue weighted by Gasteiger charge is 2.46. The highest BCUT2D eigenvalue weighted by atomic mass is 16.4. The number of carboxylic acid groups (broad SMARTS) is 1. The van der Waals surface area contributed by atoms with E-state index in [0.29, 0.717) is 18.8 Å². The summed E-state index contributed by atoms with van der Waals surface area (Å²) in [6.45, 7) is 5.06. The molecule has 0 bridgehead atoms. The first kappa shape index (κ1) is 17.0. The number of likely N-dealkylation sites (tertiary alicyclic amines) is 1. The molecule has 1 aliphatic heterocycles. The molecule has 0 spiro atoms. The molecule has 3 unspecified atom stereocenters. The van der Waals surface area contributed by atoms with Gasteiger partial charge in [-0.15, -0.1) is 0 Å². The van der Waals surface area contributed by atoms with Gasteiger partial charge in [-0.25, -0.2) is 0 Å². The van der Waals surface area contributed by atoms with Crippen molar-refractivity contribution >= 4 is 11.9 Å². The van der Waals surface area contributed by atoms with Crippen molar-refractivity contribution in [3.05, 3.63) is 35.9 Å². The van der Waals surface area contributed by atoms with E-state index in [-0.39, 0.29) is 23.3 Å². The molecule has 1 aromatic carbocycles. The SMILES string of the molecule is CC1(C)C(c2ccccc2)CCN1C(=O)C1CCCC(C(=O)O)C1. The average molecular weight is 329 g/mol. The fourth-order valence-electron chi connectivity index (χ4n) is 4.60. The minimum absolute atomic E-state index is 0.131. The monoisotopic (exact) mass is 329 g/mol. The first-order valence-corrected chi connectivity index (χ1v) is 9.00. The van der Waals surface area contributed by atoms with E-state index in [1.54, 1.807) is 0 Å². The van der Waals surface area contributed by atoms with Gasteiger partial charge in [0.1, 0.15) is 0 Å². The number of nitrogens with zero attached hydrogens (tertiary/aromatic N) is 1. The highest BCUT2D eigenvalue weighted by Crippen LogP contribution is 2.43. The molecule has 1 aromatic rings. The summed E-state index contributed by atoms with van der Waals surface area (Å²) in [7, 11) is 0. The molecule has 1 aliphatic carbocycles. The van der Waals surface area contributed by atoms with Crippen LogP contribution in [0.2, 0.25) is 0 Å². The molecule has 1 heterocycles. The molecule has 2 fully saturated rings. The summed E-state index contributed by atoms with van der Waals surface area (Å²) in [5.74, 6) is -0.752. The predicted octanol–water partition coefficient (Wildman–Crippen LogP) is 3.67. The van der Waals surface area contributed by atoms with Crippen LogP contribution in [0.5, 0.6) is 0 Å². The molecule has 0 aromatic heterocycles. The summed E-state index contributed by atoms with van der Waals surface area (Å²) in [5.41, 5.74) is 1.05. The second kappa shape index (κ2) is 6.58.